The molecule has 1 aliphatic heterocycles. The normalized spacial score (nSPS) is 17.5. The lowest BCUT2D eigenvalue weighted by Crippen LogP contribution is -2.35. The SMILES string of the molecule is O=[N+]([O-])c1cc(Cl)ccc1COc1ccc2c(c1)c(CN1CCC(O)CC1)cn2CC1CC1. The molecule has 1 saturated heterocycles. The molecule has 2 fully saturated rings. The third-order valence-electron chi connectivity index (χ3n) is 6.68. The molecule has 1 aliphatic carbocycles. The molecule has 0 bridgehead atoms. The van der Waals surface area contributed by atoms with Crippen LogP contribution < -0.4 is 4.74 Å². The smallest absolute Gasteiger partial charge is 0.277 e. The summed E-state index contributed by atoms with van der Waals surface area (Å²) in [5, 5.41) is 22.7. The van der Waals surface area contributed by atoms with E-state index in [-0.39, 0.29) is 18.4 Å². The van der Waals surface area contributed by atoms with Crippen LogP contribution in [-0.4, -0.2) is 38.7 Å². The Balaban J connectivity index is 1.39. The first kappa shape index (κ1) is 22.2. The van der Waals surface area contributed by atoms with E-state index in [0.29, 0.717) is 16.3 Å². The number of fused-ring (bicyclic) bond motifs is 1. The number of hydrogen-bond acceptors (Lipinski definition) is 5. The molecule has 174 valence electrons. The summed E-state index contributed by atoms with van der Waals surface area (Å²) in [7, 11) is 0. The minimum absolute atomic E-state index is 0.0351. The monoisotopic (exact) mass is 469 g/mol. The number of nitro groups is 1. The van der Waals surface area contributed by atoms with Crippen molar-refractivity contribution in [2.75, 3.05) is 13.1 Å². The number of rotatable bonds is 8. The number of nitrogens with zero attached hydrogens (tertiary/aromatic N) is 3. The molecule has 7 nitrogen and oxygen atoms in total. The standard InChI is InChI=1S/C25H28ClN3O4/c26-20-4-3-18(25(11-20)29(31)32)16-33-22-5-6-24-23(12-22)19(15-28(24)13-17-1-2-17)14-27-9-7-21(30)8-10-27/h3-6,11-12,15,17,21,30H,1-2,7-10,13-14,16H2. The fourth-order valence-electron chi connectivity index (χ4n) is 4.60. The Morgan fingerprint density at radius 3 is 2.61 bits per heavy atom. The van der Waals surface area contributed by atoms with E-state index in [0.717, 1.165) is 50.3 Å². The second-order valence-electron chi connectivity index (χ2n) is 9.26. The van der Waals surface area contributed by atoms with Crippen molar-refractivity contribution in [2.45, 2.75) is 51.5 Å². The van der Waals surface area contributed by atoms with Crippen molar-refractivity contribution in [2.24, 2.45) is 5.92 Å². The van der Waals surface area contributed by atoms with Crippen LogP contribution in [0.4, 0.5) is 5.69 Å². The maximum absolute atomic E-state index is 11.4. The van der Waals surface area contributed by atoms with Gasteiger partial charge in [0.05, 0.1) is 16.6 Å². The van der Waals surface area contributed by atoms with Gasteiger partial charge in [-0.25, -0.2) is 0 Å². The zero-order valence-corrected chi connectivity index (χ0v) is 19.2. The molecule has 2 heterocycles. The molecule has 5 rings (SSSR count). The number of hydrogen-bond donors (Lipinski definition) is 1. The number of halogens is 1. The Hall–Kier alpha value is -2.61. The molecule has 0 unspecified atom stereocenters. The first-order chi connectivity index (χ1) is 16.0. The third kappa shape index (κ3) is 5.16. The van der Waals surface area contributed by atoms with Gasteiger partial charge in [0.1, 0.15) is 12.4 Å². The minimum Gasteiger partial charge on any atom is -0.489 e. The summed E-state index contributed by atoms with van der Waals surface area (Å²) in [5.41, 5.74) is 2.90. The van der Waals surface area contributed by atoms with Crippen LogP contribution in [-0.2, 0) is 19.7 Å². The molecule has 0 atom stereocenters. The molecule has 8 heteroatoms. The second-order valence-corrected chi connectivity index (χ2v) is 9.69. The summed E-state index contributed by atoms with van der Waals surface area (Å²) >= 11 is 5.93. The summed E-state index contributed by atoms with van der Waals surface area (Å²) in [6, 6.07) is 10.7. The van der Waals surface area contributed by atoms with Gasteiger partial charge >= 0.3 is 0 Å². The van der Waals surface area contributed by atoms with E-state index < -0.39 is 4.92 Å². The van der Waals surface area contributed by atoms with E-state index in [1.807, 2.05) is 6.07 Å². The number of ether oxygens (including phenoxy) is 1. The van der Waals surface area contributed by atoms with Gasteiger partial charge in [-0.05, 0) is 67.5 Å². The molecule has 0 radical (unpaired) electrons. The van der Waals surface area contributed by atoms with Crippen molar-refractivity contribution in [3.63, 3.8) is 0 Å². The predicted octanol–water partition coefficient (Wildman–Crippen LogP) is 5.15. The fraction of sp³-hybridized carbons (Fsp3) is 0.440. The lowest BCUT2D eigenvalue weighted by molar-refractivity contribution is -0.385. The maximum Gasteiger partial charge on any atom is 0.277 e. The Morgan fingerprint density at radius 2 is 1.88 bits per heavy atom. The second kappa shape index (κ2) is 9.33. The van der Waals surface area contributed by atoms with E-state index in [1.54, 1.807) is 12.1 Å². The summed E-state index contributed by atoms with van der Waals surface area (Å²) in [5.74, 6) is 1.45. The van der Waals surface area contributed by atoms with Crippen LogP contribution in [0.2, 0.25) is 5.02 Å². The van der Waals surface area contributed by atoms with Crippen molar-refractivity contribution < 1.29 is 14.8 Å². The van der Waals surface area contributed by atoms with E-state index >= 15 is 0 Å². The van der Waals surface area contributed by atoms with Gasteiger partial charge < -0.3 is 14.4 Å². The number of aromatic nitrogens is 1. The minimum atomic E-state index is -0.431. The van der Waals surface area contributed by atoms with Gasteiger partial charge in [0.15, 0.2) is 0 Å². The van der Waals surface area contributed by atoms with Crippen LogP contribution in [0.3, 0.4) is 0 Å². The first-order valence-corrected chi connectivity index (χ1v) is 11.9. The largest absolute Gasteiger partial charge is 0.489 e. The number of likely N-dealkylation sites (tertiary alicyclic amines) is 1. The Kier molecular flexibility index (Phi) is 6.27. The number of nitro benzene ring substituents is 1. The van der Waals surface area contributed by atoms with Crippen LogP contribution in [0.15, 0.2) is 42.6 Å². The van der Waals surface area contributed by atoms with Gasteiger partial charge in [0.25, 0.3) is 5.69 Å². The zero-order chi connectivity index (χ0) is 22.9. The van der Waals surface area contributed by atoms with Crippen LogP contribution in [0.25, 0.3) is 10.9 Å². The van der Waals surface area contributed by atoms with Crippen molar-refractivity contribution >= 4 is 28.2 Å². The van der Waals surface area contributed by atoms with Crippen molar-refractivity contribution in [1.82, 2.24) is 9.47 Å². The fourth-order valence-corrected chi connectivity index (χ4v) is 4.77. The lowest BCUT2D eigenvalue weighted by Gasteiger charge is -2.29. The van der Waals surface area contributed by atoms with Crippen LogP contribution in [0.1, 0.15) is 36.8 Å². The highest BCUT2D eigenvalue weighted by atomic mass is 35.5. The summed E-state index contributed by atoms with van der Waals surface area (Å²) in [6.45, 7) is 3.76. The molecule has 2 aromatic carbocycles. The van der Waals surface area contributed by atoms with E-state index in [2.05, 4.69) is 27.8 Å². The Morgan fingerprint density at radius 1 is 1.09 bits per heavy atom. The number of aliphatic hydroxyl groups is 1. The molecule has 3 aromatic rings. The van der Waals surface area contributed by atoms with Gasteiger partial charge in [0.2, 0.25) is 0 Å². The third-order valence-corrected chi connectivity index (χ3v) is 6.91. The molecule has 33 heavy (non-hydrogen) atoms. The van der Waals surface area contributed by atoms with Crippen LogP contribution >= 0.6 is 11.6 Å². The number of aliphatic hydroxyl groups excluding tert-OH is 1. The molecule has 0 amide bonds. The molecule has 1 aromatic heterocycles. The molecule has 0 spiro atoms. The maximum atomic E-state index is 11.4. The summed E-state index contributed by atoms with van der Waals surface area (Å²) in [6.07, 6.45) is 6.29. The Labute approximate surface area is 197 Å². The van der Waals surface area contributed by atoms with Gasteiger partial charge in [-0.1, -0.05) is 11.6 Å². The topological polar surface area (TPSA) is 80.8 Å². The number of piperidine rings is 1. The summed E-state index contributed by atoms with van der Waals surface area (Å²) in [4.78, 5) is 13.3. The van der Waals surface area contributed by atoms with E-state index in [4.69, 9.17) is 16.3 Å². The highest BCUT2D eigenvalue weighted by Gasteiger charge is 2.24. The van der Waals surface area contributed by atoms with Crippen molar-refractivity contribution in [3.05, 3.63) is 68.9 Å². The summed E-state index contributed by atoms with van der Waals surface area (Å²) < 4.78 is 8.35. The van der Waals surface area contributed by atoms with Crippen LogP contribution in [0, 0.1) is 16.0 Å². The van der Waals surface area contributed by atoms with E-state index in [1.165, 1.54) is 30.0 Å². The average molecular weight is 470 g/mol. The van der Waals surface area contributed by atoms with Crippen molar-refractivity contribution in [1.29, 1.82) is 0 Å². The average Bonchev–Trinajstić information content (AvgIpc) is 3.56. The Bertz CT molecular complexity index is 1170. The zero-order valence-electron chi connectivity index (χ0n) is 18.5. The van der Waals surface area contributed by atoms with Gasteiger partial charge in [-0.15, -0.1) is 0 Å². The van der Waals surface area contributed by atoms with Gasteiger partial charge in [0, 0.05) is 54.4 Å². The quantitative estimate of drug-likeness (QED) is 0.364. The molecular formula is C25H28ClN3O4. The lowest BCUT2D eigenvalue weighted by atomic mass is 10.1. The molecule has 1 saturated carbocycles. The predicted molar refractivity (Wildman–Crippen MR) is 128 cm³/mol. The highest BCUT2D eigenvalue weighted by Crippen LogP contribution is 2.35. The van der Waals surface area contributed by atoms with Crippen LogP contribution in [0.5, 0.6) is 5.75 Å². The molecular weight excluding hydrogens is 442 g/mol. The molecule has 1 N–H and O–H groups in total. The van der Waals surface area contributed by atoms with Crippen molar-refractivity contribution in [3.8, 4) is 5.75 Å². The van der Waals surface area contributed by atoms with E-state index in [9.17, 15) is 15.2 Å². The highest BCUT2D eigenvalue weighted by molar-refractivity contribution is 6.30. The first-order valence-electron chi connectivity index (χ1n) is 11.5. The van der Waals surface area contributed by atoms with Gasteiger partial charge in [-0.3, -0.25) is 15.0 Å². The van der Waals surface area contributed by atoms with Gasteiger partial charge in [-0.2, -0.15) is 0 Å². The number of benzene rings is 2. The molecule has 2 aliphatic rings.